The molecule has 0 aliphatic heterocycles. The van der Waals surface area contributed by atoms with Crippen LogP contribution in [0.4, 0.5) is 32.2 Å². The summed E-state index contributed by atoms with van der Waals surface area (Å²) in [4.78, 5) is 44.7. The number of nitrogens with two attached hydrogens (primary N) is 2. The van der Waals surface area contributed by atoms with Gasteiger partial charge in [-0.25, -0.2) is 24.5 Å². The highest BCUT2D eigenvalue weighted by atomic mass is 19.4. The van der Waals surface area contributed by atoms with Crippen LogP contribution in [0, 0.1) is 19.3 Å². The summed E-state index contributed by atoms with van der Waals surface area (Å²) in [5.74, 6) is -2.21. The number of nitrogens with one attached hydrogen (secondary N) is 2. The number of halogens is 6. The normalized spacial score (nSPS) is 18.9. The number of benzene rings is 1. The molecule has 2 aliphatic carbocycles. The summed E-state index contributed by atoms with van der Waals surface area (Å²) in [7, 11) is 0. The van der Waals surface area contributed by atoms with Crippen LogP contribution in [-0.4, -0.2) is 74.0 Å². The summed E-state index contributed by atoms with van der Waals surface area (Å²) < 4.78 is 63.5. The zero-order valence-corrected chi connectivity index (χ0v) is 25.2. The minimum atomic E-state index is -5.08. The number of carbonyl (C=O) groups is 3. The predicted molar refractivity (Wildman–Crippen MR) is 159 cm³/mol. The molecule has 8 N–H and O–H groups in total. The van der Waals surface area contributed by atoms with E-state index >= 15 is 0 Å². The molecular weight excluding hydrogens is 640 g/mol. The maximum Gasteiger partial charge on any atom is 0.490 e. The van der Waals surface area contributed by atoms with Crippen molar-refractivity contribution in [2.24, 2.45) is 16.5 Å². The van der Waals surface area contributed by atoms with Crippen LogP contribution in [0.25, 0.3) is 10.9 Å². The van der Waals surface area contributed by atoms with Gasteiger partial charge in [-0.05, 0) is 44.7 Å². The van der Waals surface area contributed by atoms with Gasteiger partial charge in [-0.2, -0.15) is 26.3 Å². The minimum absolute atomic E-state index is 0.0192. The second-order valence-electron chi connectivity index (χ2n) is 10.9. The van der Waals surface area contributed by atoms with Gasteiger partial charge >= 0.3 is 24.3 Å². The van der Waals surface area contributed by atoms with Gasteiger partial charge in [-0.1, -0.05) is 49.7 Å². The Hall–Kier alpha value is -4.82. The Morgan fingerprint density at radius 3 is 2.02 bits per heavy atom. The summed E-state index contributed by atoms with van der Waals surface area (Å²) >= 11 is 0. The zero-order chi connectivity index (χ0) is 35.6. The number of carbonyl (C=O) groups excluding carboxylic acids is 1. The number of carboxylic acid groups (broad SMARTS) is 2. The molecule has 2 aromatic rings. The number of guanidine groups is 1. The molecule has 2 atom stereocenters. The number of aromatic nitrogens is 2. The monoisotopic (exact) mass is 675 g/mol. The highest BCUT2D eigenvalue weighted by Gasteiger charge is 2.39. The highest BCUT2D eigenvalue weighted by molar-refractivity contribution is 5.97. The summed E-state index contributed by atoms with van der Waals surface area (Å²) in [6, 6.07) is 5.91. The van der Waals surface area contributed by atoms with Crippen LogP contribution < -0.4 is 22.1 Å². The Morgan fingerprint density at radius 2 is 1.51 bits per heavy atom. The predicted octanol–water partition coefficient (Wildman–Crippen LogP) is 4.27. The lowest BCUT2D eigenvalue weighted by molar-refractivity contribution is -0.193. The quantitative estimate of drug-likeness (QED) is 0.115. The third-order valence-electron chi connectivity index (χ3n) is 7.24. The number of fused-ring (bicyclic) bond motifs is 1. The van der Waals surface area contributed by atoms with Crippen LogP contribution in [0.5, 0.6) is 0 Å². The van der Waals surface area contributed by atoms with Gasteiger partial charge < -0.3 is 32.3 Å². The Morgan fingerprint density at radius 1 is 0.957 bits per heavy atom. The van der Waals surface area contributed by atoms with Gasteiger partial charge in [0.1, 0.15) is 11.4 Å². The van der Waals surface area contributed by atoms with E-state index in [0.717, 1.165) is 68.7 Å². The number of nitrogens with zero attached hydrogens (tertiary/aromatic N) is 3. The van der Waals surface area contributed by atoms with E-state index < -0.39 is 29.8 Å². The molecular formula is C29H35F6N7O5. The largest absolute Gasteiger partial charge is 0.490 e. The summed E-state index contributed by atoms with van der Waals surface area (Å²) in [6.45, 7) is 2.02. The van der Waals surface area contributed by atoms with Crippen molar-refractivity contribution >= 4 is 40.5 Å². The average molecular weight is 676 g/mol. The number of hydrogen-bond donors (Lipinski definition) is 6. The van der Waals surface area contributed by atoms with Gasteiger partial charge in [-0.3, -0.25) is 4.79 Å². The minimum Gasteiger partial charge on any atom is -0.475 e. The highest BCUT2D eigenvalue weighted by Crippen LogP contribution is 2.30. The SMILES string of the molecule is C#CC1(NC(=O)c2nc(NC3CCCCC3N=C(N)N)c3cc(C)ccc3n2)CCCCC1.O=C(O)C(F)(F)F.O=C(O)C(F)(F)F. The van der Waals surface area contributed by atoms with Gasteiger partial charge in [0, 0.05) is 5.39 Å². The van der Waals surface area contributed by atoms with Crippen molar-refractivity contribution in [3.63, 3.8) is 0 Å². The van der Waals surface area contributed by atoms with E-state index in [4.69, 9.17) is 37.7 Å². The van der Waals surface area contributed by atoms with Gasteiger partial charge in [0.05, 0.1) is 17.6 Å². The maximum atomic E-state index is 13.2. The lowest BCUT2D eigenvalue weighted by atomic mass is 9.82. The number of hydrogen-bond acceptors (Lipinski definition) is 7. The molecule has 0 saturated heterocycles. The van der Waals surface area contributed by atoms with Crippen molar-refractivity contribution in [3.05, 3.63) is 29.6 Å². The molecule has 2 saturated carbocycles. The van der Waals surface area contributed by atoms with Crippen LogP contribution in [0.3, 0.4) is 0 Å². The van der Waals surface area contributed by atoms with Gasteiger partial charge in [-0.15, -0.1) is 6.42 Å². The molecule has 2 aliphatic rings. The van der Waals surface area contributed by atoms with Crippen LogP contribution in [0.15, 0.2) is 23.2 Å². The second-order valence-corrected chi connectivity index (χ2v) is 10.9. The van der Waals surface area contributed by atoms with E-state index in [9.17, 15) is 31.1 Å². The Labute approximate surface area is 265 Å². The molecule has 0 spiro atoms. The molecule has 1 aromatic carbocycles. The molecule has 0 radical (unpaired) electrons. The Kier molecular flexibility index (Phi) is 13.2. The molecule has 18 heteroatoms. The van der Waals surface area contributed by atoms with Crippen LogP contribution in [-0.2, 0) is 9.59 Å². The van der Waals surface area contributed by atoms with E-state index in [1.165, 1.54) is 0 Å². The van der Waals surface area contributed by atoms with E-state index in [-0.39, 0.29) is 29.8 Å². The number of aryl methyl sites for hydroxylation is 1. The van der Waals surface area contributed by atoms with Gasteiger partial charge in [0.15, 0.2) is 5.96 Å². The van der Waals surface area contributed by atoms with E-state index in [2.05, 4.69) is 31.5 Å². The first-order valence-corrected chi connectivity index (χ1v) is 14.3. The first kappa shape index (κ1) is 38.4. The first-order valence-electron chi connectivity index (χ1n) is 14.3. The van der Waals surface area contributed by atoms with Gasteiger partial charge in [0.2, 0.25) is 5.82 Å². The number of anilines is 1. The Bertz CT molecular complexity index is 1470. The molecule has 47 heavy (non-hydrogen) atoms. The standard InChI is InChI=1S/C25H33N7O.2C2HF3O2/c1-3-25(13-7-4-8-14-25)32-23(33)22-28-18-12-11-16(2)15-17(18)21(31-22)29-19-9-5-6-10-20(19)30-24(26)27;2*3-2(4,5)1(6)7/h1,11-12,15,19-20H,4-10,13-14H2,2H3,(H,32,33)(H4,26,27,30)(H,28,29,31);2*(H,6,7). The Balaban J connectivity index is 0.000000459. The number of rotatable bonds is 5. The number of terminal acetylenes is 1. The van der Waals surface area contributed by atoms with Crippen molar-refractivity contribution in [2.45, 2.75) is 94.7 Å². The number of alkyl halides is 6. The molecule has 1 heterocycles. The van der Waals surface area contributed by atoms with Crippen molar-refractivity contribution in [3.8, 4) is 12.3 Å². The topological polar surface area (TPSA) is 206 Å². The fraction of sp³-hybridized carbons (Fsp3) is 0.517. The molecule has 0 bridgehead atoms. The maximum absolute atomic E-state index is 13.2. The summed E-state index contributed by atoms with van der Waals surface area (Å²) in [6.07, 6.45) is 4.32. The summed E-state index contributed by atoms with van der Waals surface area (Å²) in [5, 5.41) is 21.7. The number of aliphatic imine (C=N–C) groups is 1. The van der Waals surface area contributed by atoms with Gasteiger partial charge in [0.25, 0.3) is 5.91 Å². The number of carboxylic acids is 2. The molecule has 2 unspecified atom stereocenters. The van der Waals surface area contributed by atoms with Crippen molar-refractivity contribution in [2.75, 3.05) is 5.32 Å². The lowest BCUT2D eigenvalue weighted by Gasteiger charge is -2.33. The van der Waals surface area contributed by atoms with Crippen molar-refractivity contribution < 1.29 is 50.9 Å². The van der Waals surface area contributed by atoms with Crippen LogP contribution in [0.1, 0.15) is 74.0 Å². The van der Waals surface area contributed by atoms with Crippen molar-refractivity contribution in [1.82, 2.24) is 15.3 Å². The van der Waals surface area contributed by atoms with Crippen LogP contribution in [0.2, 0.25) is 0 Å². The molecule has 12 nitrogen and oxygen atoms in total. The second kappa shape index (κ2) is 16.1. The fourth-order valence-corrected chi connectivity index (χ4v) is 4.99. The van der Waals surface area contributed by atoms with E-state index in [1.54, 1.807) is 0 Å². The third-order valence-corrected chi connectivity index (χ3v) is 7.24. The fourth-order valence-electron chi connectivity index (χ4n) is 4.99. The smallest absolute Gasteiger partial charge is 0.475 e. The van der Waals surface area contributed by atoms with Crippen molar-refractivity contribution in [1.29, 1.82) is 0 Å². The molecule has 1 aromatic heterocycles. The number of amides is 1. The third kappa shape index (κ3) is 11.8. The van der Waals surface area contributed by atoms with E-state index in [1.807, 2.05) is 25.1 Å². The van der Waals surface area contributed by atoms with Crippen LogP contribution >= 0.6 is 0 Å². The molecule has 258 valence electrons. The van der Waals surface area contributed by atoms with E-state index in [0.29, 0.717) is 11.3 Å². The summed E-state index contributed by atoms with van der Waals surface area (Å²) in [5.41, 5.74) is 12.5. The molecule has 2 fully saturated rings. The first-order chi connectivity index (χ1) is 21.8. The average Bonchev–Trinajstić information content (AvgIpc) is 2.98. The lowest BCUT2D eigenvalue weighted by Crippen LogP contribution is -2.49. The number of aliphatic carboxylic acids is 2. The zero-order valence-electron chi connectivity index (χ0n) is 25.2. The molecule has 4 rings (SSSR count). The molecule has 1 amide bonds.